The van der Waals surface area contributed by atoms with Crippen molar-refractivity contribution in [2.24, 2.45) is 0 Å². The minimum absolute atomic E-state index is 0.0963. The number of thioether (sulfide) groups is 1. The molecule has 10 nitrogen and oxygen atoms in total. The van der Waals surface area contributed by atoms with Crippen molar-refractivity contribution in [2.75, 3.05) is 6.61 Å². The summed E-state index contributed by atoms with van der Waals surface area (Å²) in [5.41, 5.74) is -1.47. The molecule has 0 bridgehead atoms. The lowest BCUT2D eigenvalue weighted by Crippen LogP contribution is -2.57. The lowest BCUT2D eigenvalue weighted by Gasteiger charge is -2.44. The molecular weight excluding hydrogens is 654 g/mol. The summed E-state index contributed by atoms with van der Waals surface area (Å²) in [7, 11) is 0. The number of carbonyl (C=O) groups is 3. The zero-order valence-electron chi connectivity index (χ0n) is 22.1. The van der Waals surface area contributed by atoms with Crippen LogP contribution in [0.25, 0.3) is 11.3 Å². The molecule has 224 valence electrons. The van der Waals surface area contributed by atoms with E-state index in [0.717, 1.165) is 37.2 Å². The molecule has 2 heterocycles. The molecule has 5 unspecified atom stereocenters. The maximum absolute atomic E-state index is 14.8. The maximum Gasteiger partial charge on any atom is 0.303 e. The van der Waals surface area contributed by atoms with Gasteiger partial charge in [0.05, 0.1) is 6.20 Å². The second-order valence-corrected chi connectivity index (χ2v) is 11.1. The standard InChI is InChI=1S/C26H22BrF4N3O7S/c1-11(35)38-10-20-24(39-12(2)36)23(34-9-19(32-33-34)14-6-17(29)22(31)18(30)7-14)25(40-13(3)37)26(41-20)42-21-8-15(27)4-5-16(21)28/h4-9,20,23-26H,10H2,1-3H3. The van der Waals surface area contributed by atoms with Crippen molar-refractivity contribution in [1.29, 1.82) is 0 Å². The van der Waals surface area contributed by atoms with Gasteiger partial charge in [0.25, 0.3) is 0 Å². The van der Waals surface area contributed by atoms with E-state index in [1.54, 1.807) is 0 Å². The van der Waals surface area contributed by atoms with E-state index in [0.29, 0.717) is 16.6 Å². The van der Waals surface area contributed by atoms with Crippen molar-refractivity contribution in [3.8, 4) is 11.3 Å². The average Bonchev–Trinajstić information content (AvgIpc) is 3.39. The van der Waals surface area contributed by atoms with Gasteiger partial charge in [0.1, 0.15) is 35.7 Å². The average molecular weight is 676 g/mol. The van der Waals surface area contributed by atoms with Crippen LogP contribution in [-0.4, -0.2) is 63.3 Å². The highest BCUT2D eigenvalue weighted by molar-refractivity contribution is 9.10. The van der Waals surface area contributed by atoms with Gasteiger partial charge in [-0.3, -0.25) is 14.4 Å². The zero-order chi connectivity index (χ0) is 30.7. The van der Waals surface area contributed by atoms with Crippen LogP contribution in [0.3, 0.4) is 0 Å². The number of halogens is 5. The Morgan fingerprint density at radius 1 is 0.952 bits per heavy atom. The third-order valence-electron chi connectivity index (χ3n) is 5.90. The molecule has 5 atom stereocenters. The molecule has 1 aromatic heterocycles. The maximum atomic E-state index is 14.8. The van der Waals surface area contributed by atoms with Gasteiger partial charge in [-0.2, -0.15) is 0 Å². The fraction of sp³-hybridized carbons (Fsp3) is 0.346. The molecule has 2 aromatic carbocycles. The lowest BCUT2D eigenvalue weighted by molar-refractivity contribution is -0.212. The van der Waals surface area contributed by atoms with Gasteiger partial charge in [0, 0.05) is 35.7 Å². The molecule has 0 aliphatic carbocycles. The molecule has 0 N–H and O–H groups in total. The highest BCUT2D eigenvalue weighted by Gasteiger charge is 2.52. The van der Waals surface area contributed by atoms with Gasteiger partial charge in [-0.15, -0.1) is 5.10 Å². The van der Waals surface area contributed by atoms with Crippen LogP contribution in [0.5, 0.6) is 0 Å². The summed E-state index contributed by atoms with van der Waals surface area (Å²) in [5, 5.41) is 7.92. The fourth-order valence-corrected chi connectivity index (χ4v) is 5.92. The zero-order valence-corrected chi connectivity index (χ0v) is 24.5. The minimum Gasteiger partial charge on any atom is -0.463 e. The highest BCUT2D eigenvalue weighted by Crippen LogP contribution is 2.42. The molecule has 1 aliphatic heterocycles. The smallest absolute Gasteiger partial charge is 0.303 e. The van der Waals surface area contributed by atoms with Crippen LogP contribution < -0.4 is 0 Å². The van der Waals surface area contributed by atoms with Gasteiger partial charge in [0.15, 0.2) is 29.7 Å². The van der Waals surface area contributed by atoms with E-state index in [2.05, 4.69) is 26.2 Å². The van der Waals surface area contributed by atoms with Gasteiger partial charge in [0.2, 0.25) is 0 Å². The van der Waals surface area contributed by atoms with Crippen molar-refractivity contribution in [1.82, 2.24) is 15.0 Å². The normalized spacial score (nSPS) is 22.0. The van der Waals surface area contributed by atoms with E-state index in [4.69, 9.17) is 18.9 Å². The van der Waals surface area contributed by atoms with Crippen molar-refractivity contribution in [3.05, 3.63) is 64.3 Å². The predicted molar refractivity (Wildman–Crippen MR) is 141 cm³/mol. The third-order valence-corrected chi connectivity index (χ3v) is 7.58. The van der Waals surface area contributed by atoms with Crippen LogP contribution in [0.2, 0.25) is 0 Å². The molecule has 16 heteroatoms. The number of aromatic nitrogens is 3. The molecule has 42 heavy (non-hydrogen) atoms. The minimum atomic E-state index is -1.67. The van der Waals surface area contributed by atoms with Gasteiger partial charge in [-0.05, 0) is 30.3 Å². The van der Waals surface area contributed by atoms with Crippen molar-refractivity contribution in [2.45, 2.75) is 55.5 Å². The van der Waals surface area contributed by atoms with Crippen LogP contribution in [-0.2, 0) is 33.3 Å². The van der Waals surface area contributed by atoms with Crippen LogP contribution in [0.4, 0.5) is 17.6 Å². The summed E-state index contributed by atoms with van der Waals surface area (Å²) < 4.78 is 80.2. The summed E-state index contributed by atoms with van der Waals surface area (Å²) in [5.74, 6) is -7.46. The SMILES string of the molecule is CC(=O)OCC1OC(Sc2cc(Br)ccc2F)C(OC(C)=O)C(n2cc(-c3cc(F)c(F)c(F)c3)nn2)C1OC(C)=O. The number of hydrogen-bond acceptors (Lipinski definition) is 10. The first kappa shape index (κ1) is 31.4. The first-order valence-corrected chi connectivity index (χ1v) is 13.8. The number of benzene rings is 2. The second kappa shape index (κ2) is 13.2. The Balaban J connectivity index is 1.83. The van der Waals surface area contributed by atoms with Gasteiger partial charge in [-0.25, -0.2) is 22.2 Å². The molecule has 4 rings (SSSR count). The second-order valence-electron chi connectivity index (χ2n) is 9.01. The Bertz CT molecular complexity index is 1490. The Morgan fingerprint density at radius 2 is 1.60 bits per heavy atom. The van der Waals surface area contributed by atoms with Crippen LogP contribution in [0, 0.1) is 23.3 Å². The Labute approximate surface area is 248 Å². The topological polar surface area (TPSA) is 119 Å². The number of hydrogen-bond donors (Lipinski definition) is 0. The summed E-state index contributed by atoms with van der Waals surface area (Å²) in [6.07, 6.45) is -2.64. The van der Waals surface area contributed by atoms with Crippen molar-refractivity contribution in [3.63, 3.8) is 0 Å². The quantitative estimate of drug-likeness (QED) is 0.143. The Kier molecular flexibility index (Phi) is 9.89. The molecule has 1 fully saturated rings. The molecule has 0 radical (unpaired) electrons. The summed E-state index contributed by atoms with van der Waals surface area (Å²) in [6, 6.07) is 4.33. The van der Waals surface area contributed by atoms with Crippen molar-refractivity contribution < 1.29 is 50.9 Å². The van der Waals surface area contributed by atoms with Crippen LogP contribution in [0.1, 0.15) is 26.8 Å². The number of esters is 3. The summed E-state index contributed by atoms with van der Waals surface area (Å²) >= 11 is 4.11. The summed E-state index contributed by atoms with van der Waals surface area (Å²) in [6.45, 7) is 2.94. The Hall–Kier alpha value is -3.50. The first-order chi connectivity index (χ1) is 19.8. The van der Waals surface area contributed by atoms with Crippen LogP contribution in [0.15, 0.2) is 45.9 Å². The molecule has 1 saturated heterocycles. The van der Waals surface area contributed by atoms with Gasteiger partial charge >= 0.3 is 17.9 Å². The van der Waals surface area contributed by atoms with E-state index in [9.17, 15) is 31.9 Å². The third kappa shape index (κ3) is 7.28. The largest absolute Gasteiger partial charge is 0.463 e. The van der Waals surface area contributed by atoms with Crippen molar-refractivity contribution >= 4 is 45.6 Å². The number of rotatable bonds is 8. The first-order valence-electron chi connectivity index (χ1n) is 12.2. The van der Waals surface area contributed by atoms with Crippen LogP contribution >= 0.6 is 27.7 Å². The summed E-state index contributed by atoms with van der Waals surface area (Å²) in [4.78, 5) is 36.2. The Morgan fingerprint density at radius 3 is 2.21 bits per heavy atom. The molecule has 0 saturated carbocycles. The monoisotopic (exact) mass is 675 g/mol. The molecule has 3 aromatic rings. The number of ether oxygens (including phenoxy) is 4. The predicted octanol–water partition coefficient (Wildman–Crippen LogP) is 4.75. The molecule has 0 amide bonds. The van der Waals surface area contributed by atoms with E-state index in [1.165, 1.54) is 24.4 Å². The lowest BCUT2D eigenvalue weighted by atomic mass is 9.96. The van der Waals surface area contributed by atoms with E-state index >= 15 is 0 Å². The fourth-order valence-electron chi connectivity index (χ4n) is 4.23. The van der Waals surface area contributed by atoms with E-state index in [1.807, 2.05) is 0 Å². The highest BCUT2D eigenvalue weighted by atomic mass is 79.9. The number of nitrogens with zero attached hydrogens (tertiary/aromatic N) is 3. The molecular formula is C26H22BrF4N3O7S. The van der Waals surface area contributed by atoms with E-state index in [-0.39, 0.29) is 16.2 Å². The van der Waals surface area contributed by atoms with Gasteiger partial charge < -0.3 is 18.9 Å². The van der Waals surface area contributed by atoms with Gasteiger partial charge in [-0.1, -0.05) is 32.9 Å². The molecule has 0 spiro atoms. The number of carbonyl (C=O) groups excluding carboxylic acids is 3. The molecule has 1 aliphatic rings. The van der Waals surface area contributed by atoms with E-state index < -0.39 is 77.6 Å².